The normalized spacial score (nSPS) is 10.5. The molecule has 1 aromatic heterocycles. The summed E-state index contributed by atoms with van der Waals surface area (Å²) in [6.45, 7) is 0.598. The van der Waals surface area contributed by atoms with Gasteiger partial charge in [0.2, 0.25) is 0 Å². The Morgan fingerprint density at radius 1 is 1.50 bits per heavy atom. The number of nitrogen functional groups attached to an aromatic ring is 1. The van der Waals surface area contributed by atoms with Crippen molar-refractivity contribution in [2.24, 2.45) is 0 Å². The van der Waals surface area contributed by atoms with Crippen LogP contribution in [0.3, 0.4) is 0 Å². The average Bonchev–Trinajstić information content (AvgIpc) is 2.88. The zero-order valence-corrected chi connectivity index (χ0v) is 11.8. The van der Waals surface area contributed by atoms with E-state index in [1.54, 1.807) is 23.3 Å². The van der Waals surface area contributed by atoms with E-state index in [0.29, 0.717) is 6.54 Å². The fourth-order valence-electron chi connectivity index (χ4n) is 1.91. The zero-order chi connectivity index (χ0) is 14.7. The van der Waals surface area contributed by atoms with Crippen LogP contribution in [0, 0.1) is 5.82 Å². The van der Waals surface area contributed by atoms with E-state index < -0.39 is 11.8 Å². The van der Waals surface area contributed by atoms with Gasteiger partial charge in [0.15, 0.2) is 0 Å². The van der Waals surface area contributed by atoms with E-state index in [-0.39, 0.29) is 16.9 Å². The van der Waals surface area contributed by atoms with Crippen LogP contribution in [0.5, 0.6) is 0 Å². The molecule has 0 aliphatic rings. The number of hydrogen-bond acceptors (Lipinski definition) is 4. The molecular weight excluding hydrogens is 279 g/mol. The third-order valence-corrected chi connectivity index (χ3v) is 3.97. The number of aromatic carboxylic acids is 1. The molecule has 1 heterocycles. The SMILES string of the molecule is CN(CCc1cccs1)c1cc(C(=O)O)c(N)cc1F. The first-order valence-corrected chi connectivity index (χ1v) is 6.93. The van der Waals surface area contributed by atoms with Crippen molar-refractivity contribution >= 4 is 28.7 Å². The second-order valence-corrected chi connectivity index (χ2v) is 5.48. The molecule has 0 atom stereocenters. The Kier molecular flexibility index (Phi) is 4.24. The minimum absolute atomic E-state index is 0.0644. The number of nitrogens with zero attached hydrogens (tertiary/aromatic N) is 1. The van der Waals surface area contributed by atoms with Crippen LogP contribution in [0.1, 0.15) is 15.2 Å². The maximum Gasteiger partial charge on any atom is 0.337 e. The molecule has 0 unspecified atom stereocenters. The number of carboxylic acid groups (broad SMARTS) is 1. The smallest absolute Gasteiger partial charge is 0.337 e. The Labute approximate surface area is 120 Å². The lowest BCUT2D eigenvalue weighted by atomic mass is 10.1. The zero-order valence-electron chi connectivity index (χ0n) is 11.0. The predicted octanol–water partition coefficient (Wildman–Crippen LogP) is 2.85. The highest BCUT2D eigenvalue weighted by atomic mass is 32.1. The third kappa shape index (κ3) is 3.08. The molecule has 4 nitrogen and oxygen atoms in total. The molecule has 0 saturated heterocycles. The number of thiophene rings is 1. The van der Waals surface area contributed by atoms with Gasteiger partial charge in [0.1, 0.15) is 5.82 Å². The Balaban J connectivity index is 2.18. The number of nitrogens with two attached hydrogens (primary N) is 1. The van der Waals surface area contributed by atoms with Crippen molar-refractivity contribution in [3.63, 3.8) is 0 Å². The van der Waals surface area contributed by atoms with Gasteiger partial charge >= 0.3 is 5.97 Å². The van der Waals surface area contributed by atoms with Gasteiger partial charge in [0.25, 0.3) is 0 Å². The molecule has 0 aliphatic carbocycles. The highest BCUT2D eigenvalue weighted by Gasteiger charge is 2.15. The van der Waals surface area contributed by atoms with Crippen molar-refractivity contribution in [3.8, 4) is 0 Å². The number of benzene rings is 1. The fraction of sp³-hybridized carbons (Fsp3) is 0.214. The summed E-state index contributed by atoms with van der Waals surface area (Å²) in [6.07, 6.45) is 0.778. The van der Waals surface area contributed by atoms with Gasteiger partial charge < -0.3 is 15.7 Å². The minimum atomic E-state index is -1.16. The van der Waals surface area contributed by atoms with Crippen LogP contribution in [-0.2, 0) is 6.42 Å². The van der Waals surface area contributed by atoms with Crippen LogP contribution in [0.4, 0.5) is 15.8 Å². The van der Waals surface area contributed by atoms with Gasteiger partial charge in [0, 0.05) is 24.2 Å². The maximum atomic E-state index is 13.9. The van der Waals surface area contributed by atoms with Crippen LogP contribution >= 0.6 is 11.3 Å². The number of rotatable bonds is 5. The molecule has 0 aliphatic heterocycles. The van der Waals surface area contributed by atoms with E-state index in [4.69, 9.17) is 10.8 Å². The largest absolute Gasteiger partial charge is 0.478 e. The van der Waals surface area contributed by atoms with E-state index >= 15 is 0 Å². The molecule has 1 aromatic carbocycles. The molecular formula is C14H15FN2O2S. The molecule has 0 bridgehead atoms. The van der Waals surface area contributed by atoms with Crippen molar-refractivity contribution in [1.29, 1.82) is 0 Å². The molecule has 0 radical (unpaired) electrons. The minimum Gasteiger partial charge on any atom is -0.478 e. The van der Waals surface area contributed by atoms with E-state index in [1.165, 1.54) is 10.9 Å². The molecule has 0 amide bonds. The number of hydrogen-bond donors (Lipinski definition) is 2. The van der Waals surface area contributed by atoms with Gasteiger partial charge in [-0.15, -0.1) is 11.3 Å². The molecule has 6 heteroatoms. The molecule has 0 saturated carbocycles. The molecule has 0 spiro atoms. The standard InChI is InChI=1S/C14H15FN2O2S/c1-17(5-4-9-3-2-6-20-9)13-7-10(14(18)19)12(16)8-11(13)15/h2-3,6-8H,4-5,16H2,1H3,(H,18,19). The summed E-state index contributed by atoms with van der Waals surface area (Å²) in [5, 5.41) is 11.0. The van der Waals surface area contributed by atoms with Crippen molar-refractivity contribution in [2.75, 3.05) is 24.2 Å². The van der Waals surface area contributed by atoms with Crippen molar-refractivity contribution in [2.45, 2.75) is 6.42 Å². The lowest BCUT2D eigenvalue weighted by Gasteiger charge is -2.20. The van der Waals surface area contributed by atoms with Crippen LogP contribution in [0.25, 0.3) is 0 Å². The molecule has 0 fully saturated rings. The first kappa shape index (κ1) is 14.3. The summed E-state index contributed by atoms with van der Waals surface area (Å²) >= 11 is 1.64. The van der Waals surface area contributed by atoms with Gasteiger partial charge in [-0.05, 0) is 30.0 Å². The first-order chi connectivity index (χ1) is 9.49. The highest BCUT2D eigenvalue weighted by molar-refractivity contribution is 7.09. The second-order valence-electron chi connectivity index (χ2n) is 4.45. The Hall–Kier alpha value is -2.08. The molecule has 3 N–H and O–H groups in total. The average molecular weight is 294 g/mol. The van der Waals surface area contributed by atoms with Crippen LogP contribution in [-0.4, -0.2) is 24.7 Å². The number of likely N-dealkylation sites (N-methyl/N-ethyl adjacent to an activating group) is 1. The number of carbonyl (C=O) groups is 1. The molecule has 106 valence electrons. The lowest BCUT2D eigenvalue weighted by Crippen LogP contribution is -2.22. The van der Waals surface area contributed by atoms with Crippen molar-refractivity contribution in [1.82, 2.24) is 0 Å². The summed E-state index contributed by atoms with van der Waals surface area (Å²) in [7, 11) is 1.73. The Morgan fingerprint density at radius 3 is 2.85 bits per heavy atom. The second kappa shape index (κ2) is 5.92. The van der Waals surface area contributed by atoms with Gasteiger partial charge in [-0.1, -0.05) is 6.07 Å². The third-order valence-electron chi connectivity index (χ3n) is 3.03. The topological polar surface area (TPSA) is 66.6 Å². The van der Waals surface area contributed by atoms with E-state index in [1.807, 2.05) is 17.5 Å². The van der Waals surface area contributed by atoms with Gasteiger partial charge in [0.05, 0.1) is 11.3 Å². The lowest BCUT2D eigenvalue weighted by molar-refractivity contribution is 0.0698. The fourth-order valence-corrected chi connectivity index (χ4v) is 2.61. The predicted molar refractivity (Wildman–Crippen MR) is 79.1 cm³/mol. The number of halogens is 1. The van der Waals surface area contributed by atoms with Crippen molar-refractivity contribution in [3.05, 3.63) is 45.9 Å². The van der Waals surface area contributed by atoms with E-state index in [9.17, 15) is 9.18 Å². The monoisotopic (exact) mass is 294 g/mol. The number of carboxylic acids is 1. The summed E-state index contributed by atoms with van der Waals surface area (Å²) in [5.74, 6) is -1.67. The molecule has 2 rings (SSSR count). The highest BCUT2D eigenvalue weighted by Crippen LogP contribution is 2.25. The molecule has 2 aromatic rings. The Bertz CT molecular complexity index is 614. The van der Waals surface area contributed by atoms with Crippen LogP contribution < -0.4 is 10.6 Å². The van der Waals surface area contributed by atoms with Gasteiger partial charge in [-0.2, -0.15) is 0 Å². The van der Waals surface area contributed by atoms with Gasteiger partial charge in [-0.3, -0.25) is 0 Å². The summed E-state index contributed by atoms with van der Waals surface area (Å²) in [5.41, 5.74) is 5.60. The van der Waals surface area contributed by atoms with Crippen LogP contribution in [0.15, 0.2) is 29.6 Å². The summed E-state index contributed by atoms with van der Waals surface area (Å²) in [6, 6.07) is 6.31. The van der Waals surface area contributed by atoms with Gasteiger partial charge in [-0.25, -0.2) is 9.18 Å². The van der Waals surface area contributed by atoms with Crippen molar-refractivity contribution < 1.29 is 14.3 Å². The summed E-state index contributed by atoms with van der Waals surface area (Å²) < 4.78 is 13.9. The first-order valence-electron chi connectivity index (χ1n) is 6.05. The quantitative estimate of drug-likeness (QED) is 0.832. The van der Waals surface area contributed by atoms with Crippen LogP contribution in [0.2, 0.25) is 0 Å². The Morgan fingerprint density at radius 2 is 2.25 bits per heavy atom. The van der Waals surface area contributed by atoms with E-state index in [0.717, 1.165) is 12.5 Å². The van der Waals surface area contributed by atoms with E-state index in [2.05, 4.69) is 0 Å². The maximum absolute atomic E-state index is 13.9. The number of anilines is 2. The summed E-state index contributed by atoms with van der Waals surface area (Å²) in [4.78, 5) is 13.9. The molecule has 20 heavy (non-hydrogen) atoms.